The molecule has 0 saturated carbocycles. The van der Waals surface area contributed by atoms with Crippen LogP contribution in [0.4, 0.5) is 5.69 Å². The predicted octanol–water partition coefficient (Wildman–Crippen LogP) is 3.93. The zero-order valence-electron chi connectivity index (χ0n) is 20.8. The van der Waals surface area contributed by atoms with Crippen molar-refractivity contribution < 1.29 is 23.8 Å². The molecule has 184 valence electrons. The Kier molecular flexibility index (Phi) is 9.19. The van der Waals surface area contributed by atoms with Gasteiger partial charge in [-0.05, 0) is 62.1 Å². The van der Waals surface area contributed by atoms with E-state index >= 15 is 0 Å². The number of rotatable bonds is 10. The van der Waals surface area contributed by atoms with E-state index in [4.69, 9.17) is 14.2 Å². The van der Waals surface area contributed by atoms with Crippen LogP contribution in [-0.2, 0) is 20.7 Å². The van der Waals surface area contributed by atoms with Crippen molar-refractivity contribution in [3.8, 4) is 11.5 Å². The van der Waals surface area contributed by atoms with Crippen molar-refractivity contribution in [2.75, 3.05) is 50.9 Å². The van der Waals surface area contributed by atoms with Gasteiger partial charge >= 0.3 is 5.97 Å². The van der Waals surface area contributed by atoms with Gasteiger partial charge in [0.15, 0.2) is 18.1 Å². The van der Waals surface area contributed by atoms with Crippen molar-refractivity contribution in [3.05, 3.63) is 53.1 Å². The SMILES string of the molecule is CCCOC(=O)Cc1ccc(OCC(=O)N2CCN(c3cccc(C)c3C)CC2)c(OCC)c1. The summed E-state index contributed by atoms with van der Waals surface area (Å²) in [5, 5.41) is 0. The van der Waals surface area contributed by atoms with Crippen LogP contribution in [0.5, 0.6) is 11.5 Å². The molecule has 1 saturated heterocycles. The van der Waals surface area contributed by atoms with Gasteiger partial charge in [-0.25, -0.2) is 0 Å². The van der Waals surface area contributed by atoms with Crippen LogP contribution in [0.1, 0.15) is 37.0 Å². The van der Waals surface area contributed by atoms with Gasteiger partial charge < -0.3 is 24.0 Å². The number of benzene rings is 2. The molecule has 0 aromatic heterocycles. The highest BCUT2D eigenvalue weighted by Crippen LogP contribution is 2.29. The number of hydrogen-bond acceptors (Lipinski definition) is 6. The second kappa shape index (κ2) is 12.3. The summed E-state index contributed by atoms with van der Waals surface area (Å²) in [5.41, 5.74) is 4.59. The fraction of sp³-hybridized carbons (Fsp3) is 0.481. The number of nitrogens with zero attached hydrogens (tertiary/aromatic N) is 2. The van der Waals surface area contributed by atoms with E-state index in [0.29, 0.717) is 37.8 Å². The average Bonchev–Trinajstić information content (AvgIpc) is 2.84. The summed E-state index contributed by atoms with van der Waals surface area (Å²) in [4.78, 5) is 28.9. The molecule has 3 rings (SSSR count). The van der Waals surface area contributed by atoms with Gasteiger partial charge in [-0.15, -0.1) is 0 Å². The molecule has 0 bridgehead atoms. The highest BCUT2D eigenvalue weighted by molar-refractivity contribution is 5.78. The molecule has 1 amide bonds. The molecule has 0 aliphatic carbocycles. The first-order chi connectivity index (χ1) is 16.4. The van der Waals surface area contributed by atoms with Gasteiger partial charge in [0.05, 0.1) is 19.6 Å². The minimum absolute atomic E-state index is 0.0460. The van der Waals surface area contributed by atoms with Gasteiger partial charge in [0, 0.05) is 31.9 Å². The molecule has 7 nitrogen and oxygen atoms in total. The molecular weight excluding hydrogens is 432 g/mol. The zero-order valence-corrected chi connectivity index (χ0v) is 20.8. The van der Waals surface area contributed by atoms with Crippen molar-refractivity contribution in [1.82, 2.24) is 4.90 Å². The largest absolute Gasteiger partial charge is 0.490 e. The van der Waals surface area contributed by atoms with Crippen molar-refractivity contribution >= 4 is 17.6 Å². The topological polar surface area (TPSA) is 68.3 Å². The summed E-state index contributed by atoms with van der Waals surface area (Å²) in [6, 6.07) is 11.7. The Hall–Kier alpha value is -3.22. The average molecular weight is 469 g/mol. The fourth-order valence-electron chi connectivity index (χ4n) is 3.99. The first-order valence-corrected chi connectivity index (χ1v) is 12.1. The molecule has 1 fully saturated rings. The highest BCUT2D eigenvalue weighted by atomic mass is 16.5. The van der Waals surface area contributed by atoms with Gasteiger partial charge in [0.1, 0.15) is 0 Å². The minimum Gasteiger partial charge on any atom is -0.490 e. The lowest BCUT2D eigenvalue weighted by Crippen LogP contribution is -2.50. The molecule has 2 aromatic rings. The van der Waals surface area contributed by atoms with E-state index in [1.54, 1.807) is 18.2 Å². The van der Waals surface area contributed by atoms with Crippen LogP contribution >= 0.6 is 0 Å². The Morgan fingerprint density at radius 2 is 1.71 bits per heavy atom. The van der Waals surface area contributed by atoms with E-state index in [1.807, 2.05) is 18.7 Å². The number of esters is 1. The minimum atomic E-state index is -0.270. The summed E-state index contributed by atoms with van der Waals surface area (Å²) in [6.07, 6.45) is 0.960. The Labute approximate surface area is 202 Å². The number of hydrogen-bond donors (Lipinski definition) is 0. The summed E-state index contributed by atoms with van der Waals surface area (Å²) in [6.45, 7) is 11.8. The van der Waals surface area contributed by atoms with Crippen LogP contribution in [-0.4, -0.2) is 62.8 Å². The Morgan fingerprint density at radius 3 is 2.41 bits per heavy atom. The second-order valence-electron chi connectivity index (χ2n) is 8.49. The molecule has 7 heteroatoms. The predicted molar refractivity (Wildman–Crippen MR) is 133 cm³/mol. The Bertz CT molecular complexity index is 983. The molecule has 2 aromatic carbocycles. The third kappa shape index (κ3) is 6.65. The van der Waals surface area contributed by atoms with Gasteiger partial charge in [0.2, 0.25) is 0 Å². The number of anilines is 1. The number of ether oxygens (including phenoxy) is 3. The Morgan fingerprint density at radius 1 is 0.941 bits per heavy atom. The number of aryl methyl sites for hydroxylation is 1. The van der Waals surface area contributed by atoms with Gasteiger partial charge in [-0.2, -0.15) is 0 Å². The monoisotopic (exact) mass is 468 g/mol. The van der Waals surface area contributed by atoms with E-state index < -0.39 is 0 Å². The molecule has 0 atom stereocenters. The quantitative estimate of drug-likeness (QED) is 0.492. The van der Waals surface area contributed by atoms with E-state index in [2.05, 4.69) is 36.9 Å². The zero-order chi connectivity index (χ0) is 24.5. The van der Waals surface area contributed by atoms with E-state index in [9.17, 15) is 9.59 Å². The third-order valence-corrected chi connectivity index (χ3v) is 6.02. The molecule has 34 heavy (non-hydrogen) atoms. The summed E-state index contributed by atoms with van der Waals surface area (Å²) >= 11 is 0. The van der Waals surface area contributed by atoms with Crippen molar-refractivity contribution in [2.45, 2.75) is 40.5 Å². The first kappa shape index (κ1) is 25.4. The lowest BCUT2D eigenvalue weighted by Gasteiger charge is -2.37. The molecule has 1 aliphatic heterocycles. The van der Waals surface area contributed by atoms with Crippen molar-refractivity contribution in [2.24, 2.45) is 0 Å². The number of carbonyl (C=O) groups is 2. The fourth-order valence-corrected chi connectivity index (χ4v) is 3.99. The van der Waals surface area contributed by atoms with Crippen LogP contribution in [0.2, 0.25) is 0 Å². The second-order valence-corrected chi connectivity index (χ2v) is 8.49. The standard InChI is InChI=1S/C27H36N2O5/c1-5-16-33-27(31)18-22-10-11-24(25(17-22)32-6-2)34-19-26(30)29-14-12-28(13-15-29)23-9-7-8-20(3)21(23)4/h7-11,17H,5-6,12-16,18-19H2,1-4H3. The molecule has 0 unspecified atom stereocenters. The third-order valence-electron chi connectivity index (χ3n) is 6.02. The maximum Gasteiger partial charge on any atom is 0.310 e. The summed E-state index contributed by atoms with van der Waals surface area (Å²) in [7, 11) is 0. The van der Waals surface area contributed by atoms with E-state index in [0.717, 1.165) is 25.1 Å². The first-order valence-electron chi connectivity index (χ1n) is 12.1. The van der Waals surface area contributed by atoms with Crippen LogP contribution < -0.4 is 14.4 Å². The smallest absolute Gasteiger partial charge is 0.310 e. The lowest BCUT2D eigenvalue weighted by molar-refractivity contribution is -0.142. The number of piperazine rings is 1. The maximum atomic E-state index is 12.8. The van der Waals surface area contributed by atoms with Gasteiger partial charge in [-0.3, -0.25) is 9.59 Å². The van der Waals surface area contributed by atoms with Crippen molar-refractivity contribution in [3.63, 3.8) is 0 Å². The highest BCUT2D eigenvalue weighted by Gasteiger charge is 2.23. The maximum absolute atomic E-state index is 12.8. The van der Waals surface area contributed by atoms with Crippen LogP contribution in [0.25, 0.3) is 0 Å². The molecule has 1 aliphatic rings. The summed E-state index contributed by atoms with van der Waals surface area (Å²) < 4.78 is 16.7. The van der Waals surface area contributed by atoms with E-state index in [1.165, 1.54) is 16.8 Å². The number of carbonyl (C=O) groups excluding carboxylic acids is 2. The molecule has 0 spiro atoms. The summed E-state index contributed by atoms with van der Waals surface area (Å²) in [5.74, 6) is 0.703. The normalized spacial score (nSPS) is 13.5. The van der Waals surface area contributed by atoms with Crippen LogP contribution in [0.3, 0.4) is 0 Å². The Balaban J connectivity index is 1.54. The molecular formula is C27H36N2O5. The molecule has 0 radical (unpaired) electrons. The molecule has 1 heterocycles. The van der Waals surface area contributed by atoms with Crippen LogP contribution in [0, 0.1) is 13.8 Å². The van der Waals surface area contributed by atoms with E-state index in [-0.39, 0.29) is 24.9 Å². The lowest BCUT2D eigenvalue weighted by atomic mass is 10.1. The van der Waals surface area contributed by atoms with Gasteiger partial charge in [0.25, 0.3) is 5.91 Å². The number of amides is 1. The molecule has 0 N–H and O–H groups in total. The van der Waals surface area contributed by atoms with Gasteiger partial charge in [-0.1, -0.05) is 25.1 Å². The van der Waals surface area contributed by atoms with Crippen LogP contribution in [0.15, 0.2) is 36.4 Å². The van der Waals surface area contributed by atoms with Crippen molar-refractivity contribution in [1.29, 1.82) is 0 Å².